The zero-order valence-corrected chi connectivity index (χ0v) is 16.4. The van der Waals surface area contributed by atoms with Crippen molar-refractivity contribution in [3.8, 4) is 11.1 Å². The van der Waals surface area contributed by atoms with Gasteiger partial charge >= 0.3 is 0 Å². The first-order chi connectivity index (χ1) is 11.5. The third kappa shape index (κ3) is 3.02. The minimum Gasteiger partial charge on any atom is -1.00 e. The van der Waals surface area contributed by atoms with E-state index in [1.807, 2.05) is 0 Å². The lowest BCUT2D eigenvalue weighted by Gasteiger charge is -2.37. The van der Waals surface area contributed by atoms with E-state index in [-0.39, 0.29) is 12.4 Å². The van der Waals surface area contributed by atoms with Crippen LogP contribution in [0.15, 0.2) is 54.6 Å². The molecule has 2 aromatic carbocycles. The third-order valence-corrected chi connectivity index (χ3v) is 7.56. The highest BCUT2D eigenvalue weighted by atomic mass is 35.5. The quantitative estimate of drug-likeness (QED) is 0.858. The van der Waals surface area contributed by atoms with Crippen LogP contribution in [0.25, 0.3) is 11.1 Å². The minimum atomic E-state index is 0. The van der Waals surface area contributed by atoms with Crippen LogP contribution in [0.3, 0.4) is 0 Å². The highest BCUT2D eigenvalue weighted by Gasteiger charge is 2.63. The highest BCUT2D eigenvalue weighted by Crippen LogP contribution is 2.64. The van der Waals surface area contributed by atoms with Gasteiger partial charge in [-0.2, -0.15) is 0 Å². The van der Waals surface area contributed by atoms with E-state index >= 15 is 0 Å². The SMILES string of the molecule is CC1(C)C2CCC1(C)C([NH2+]Cc1ccc(-c3ccccc3)cc1)C2.[Cl-]. The van der Waals surface area contributed by atoms with Crippen LogP contribution >= 0.6 is 0 Å². The van der Waals surface area contributed by atoms with Crippen molar-refractivity contribution in [1.29, 1.82) is 0 Å². The largest absolute Gasteiger partial charge is 1.00 e. The summed E-state index contributed by atoms with van der Waals surface area (Å²) in [4.78, 5) is 0. The molecule has 2 saturated carbocycles. The summed E-state index contributed by atoms with van der Waals surface area (Å²) in [5.74, 6) is 0.934. The Bertz CT molecular complexity index is 707. The van der Waals surface area contributed by atoms with Gasteiger partial charge in [-0.3, -0.25) is 0 Å². The number of quaternary nitrogens is 1. The molecule has 3 unspecified atom stereocenters. The van der Waals surface area contributed by atoms with Crippen molar-refractivity contribution in [3.05, 3.63) is 60.2 Å². The Morgan fingerprint density at radius 1 is 0.920 bits per heavy atom. The van der Waals surface area contributed by atoms with Crippen LogP contribution in [0.4, 0.5) is 0 Å². The number of halogens is 1. The Hall–Kier alpha value is -1.31. The molecule has 0 aromatic heterocycles. The van der Waals surface area contributed by atoms with Crippen LogP contribution in [0.5, 0.6) is 0 Å². The van der Waals surface area contributed by atoms with E-state index < -0.39 is 0 Å². The van der Waals surface area contributed by atoms with Gasteiger partial charge in [-0.1, -0.05) is 75.4 Å². The first kappa shape index (κ1) is 18.5. The molecule has 3 atom stereocenters. The van der Waals surface area contributed by atoms with E-state index in [1.165, 1.54) is 36.0 Å². The van der Waals surface area contributed by atoms with E-state index in [4.69, 9.17) is 0 Å². The maximum atomic E-state index is 2.62. The topological polar surface area (TPSA) is 16.6 Å². The molecular weight excluding hydrogens is 326 g/mol. The van der Waals surface area contributed by atoms with E-state index in [2.05, 4.69) is 80.7 Å². The number of hydrogen-bond acceptors (Lipinski definition) is 0. The summed E-state index contributed by atoms with van der Waals surface area (Å²) in [6, 6.07) is 20.6. The monoisotopic (exact) mass is 355 g/mol. The Kier molecular flexibility index (Phi) is 5.01. The molecule has 0 heterocycles. The van der Waals surface area contributed by atoms with Gasteiger partial charge in [0.05, 0.1) is 6.04 Å². The Balaban J connectivity index is 0.00000182. The van der Waals surface area contributed by atoms with Crippen molar-refractivity contribution in [2.75, 3.05) is 0 Å². The van der Waals surface area contributed by atoms with Crippen molar-refractivity contribution in [2.24, 2.45) is 16.7 Å². The predicted molar refractivity (Wildman–Crippen MR) is 101 cm³/mol. The van der Waals surface area contributed by atoms with Crippen LogP contribution in [0, 0.1) is 16.7 Å². The summed E-state index contributed by atoms with van der Waals surface area (Å²) >= 11 is 0. The third-order valence-electron chi connectivity index (χ3n) is 7.56. The van der Waals surface area contributed by atoms with Gasteiger partial charge in [-0.25, -0.2) is 0 Å². The molecule has 0 radical (unpaired) electrons. The Morgan fingerprint density at radius 3 is 2.12 bits per heavy atom. The molecular formula is C23H30ClN. The molecule has 4 rings (SSSR count). The fourth-order valence-corrected chi connectivity index (χ4v) is 5.36. The lowest BCUT2D eigenvalue weighted by molar-refractivity contribution is -0.717. The van der Waals surface area contributed by atoms with Crippen molar-refractivity contribution in [2.45, 2.75) is 52.6 Å². The van der Waals surface area contributed by atoms with Crippen molar-refractivity contribution >= 4 is 0 Å². The highest BCUT2D eigenvalue weighted by molar-refractivity contribution is 5.63. The lowest BCUT2D eigenvalue weighted by Crippen LogP contribution is -3.00. The molecule has 1 nitrogen and oxygen atoms in total. The second-order valence-electron chi connectivity index (χ2n) is 8.72. The summed E-state index contributed by atoms with van der Waals surface area (Å²) in [6.45, 7) is 8.66. The Labute approximate surface area is 158 Å². The molecule has 2 heteroatoms. The van der Waals surface area contributed by atoms with Gasteiger partial charge in [0.1, 0.15) is 6.54 Å². The molecule has 2 aliphatic carbocycles. The zero-order valence-electron chi connectivity index (χ0n) is 15.6. The van der Waals surface area contributed by atoms with Crippen molar-refractivity contribution in [1.82, 2.24) is 0 Å². The smallest absolute Gasteiger partial charge is 0.101 e. The Morgan fingerprint density at radius 2 is 1.56 bits per heavy atom. The molecule has 2 fully saturated rings. The van der Waals surface area contributed by atoms with Crippen molar-refractivity contribution < 1.29 is 17.7 Å². The predicted octanol–water partition coefficient (Wildman–Crippen LogP) is 1.64. The van der Waals surface area contributed by atoms with Crippen LogP contribution < -0.4 is 17.7 Å². The number of benzene rings is 2. The molecule has 25 heavy (non-hydrogen) atoms. The minimum absolute atomic E-state index is 0. The van der Waals surface area contributed by atoms with Gasteiger partial charge < -0.3 is 17.7 Å². The van der Waals surface area contributed by atoms with E-state index in [1.54, 1.807) is 0 Å². The molecule has 2 aromatic rings. The second kappa shape index (κ2) is 6.78. The molecule has 0 spiro atoms. The van der Waals surface area contributed by atoms with Gasteiger partial charge in [0.25, 0.3) is 0 Å². The van der Waals surface area contributed by atoms with E-state index in [0.29, 0.717) is 10.8 Å². The van der Waals surface area contributed by atoms with E-state index in [0.717, 1.165) is 18.5 Å². The standard InChI is InChI=1S/C23H29N.ClH/c1-22(2)20-13-14-23(22,3)21(15-20)24-16-17-9-11-19(12-10-17)18-7-5-4-6-8-18;/h4-12,20-21,24H,13-16H2,1-3H3;1H. The summed E-state index contributed by atoms with van der Waals surface area (Å²) < 4.78 is 0. The molecule has 2 aliphatic rings. The summed E-state index contributed by atoms with van der Waals surface area (Å²) in [5.41, 5.74) is 5.09. The lowest BCUT2D eigenvalue weighted by atomic mass is 9.69. The first-order valence-electron chi connectivity index (χ1n) is 9.48. The summed E-state index contributed by atoms with van der Waals surface area (Å²) in [6.07, 6.45) is 4.27. The number of hydrogen-bond donors (Lipinski definition) is 1. The normalized spacial score (nSPS) is 29.4. The first-order valence-corrected chi connectivity index (χ1v) is 9.48. The second-order valence-corrected chi connectivity index (χ2v) is 8.72. The molecule has 134 valence electrons. The van der Waals surface area contributed by atoms with Gasteiger partial charge in [-0.15, -0.1) is 0 Å². The number of rotatable bonds is 4. The van der Waals surface area contributed by atoms with Crippen molar-refractivity contribution in [3.63, 3.8) is 0 Å². The molecule has 2 bridgehead atoms. The number of fused-ring (bicyclic) bond motifs is 2. The molecule has 0 aliphatic heterocycles. The number of nitrogens with two attached hydrogens (primary N) is 1. The average Bonchev–Trinajstić information content (AvgIpc) is 2.94. The summed E-state index contributed by atoms with van der Waals surface area (Å²) in [5, 5.41) is 2.62. The fraction of sp³-hybridized carbons (Fsp3) is 0.478. The van der Waals surface area contributed by atoms with Crippen LogP contribution in [0.1, 0.15) is 45.6 Å². The van der Waals surface area contributed by atoms with Gasteiger partial charge in [0, 0.05) is 17.4 Å². The van der Waals surface area contributed by atoms with Gasteiger partial charge in [0.2, 0.25) is 0 Å². The maximum Gasteiger partial charge on any atom is 0.101 e. The summed E-state index contributed by atoms with van der Waals surface area (Å²) in [7, 11) is 0. The maximum absolute atomic E-state index is 2.62. The average molecular weight is 356 g/mol. The fourth-order valence-electron chi connectivity index (χ4n) is 5.36. The molecule has 0 amide bonds. The van der Waals surface area contributed by atoms with Crippen LogP contribution in [-0.4, -0.2) is 6.04 Å². The zero-order chi connectivity index (χ0) is 16.8. The van der Waals surface area contributed by atoms with Gasteiger partial charge in [-0.05, 0) is 35.3 Å². The molecule has 0 saturated heterocycles. The van der Waals surface area contributed by atoms with Gasteiger partial charge in [0.15, 0.2) is 0 Å². The van der Waals surface area contributed by atoms with Crippen LogP contribution in [-0.2, 0) is 6.54 Å². The van der Waals surface area contributed by atoms with E-state index in [9.17, 15) is 0 Å². The molecule has 2 N–H and O–H groups in total. The van der Waals surface area contributed by atoms with Crippen LogP contribution in [0.2, 0.25) is 0 Å².